The second-order valence-corrected chi connectivity index (χ2v) is 11.6. The molecule has 3 heteroatoms. The van der Waals surface area contributed by atoms with E-state index in [9.17, 15) is 9.90 Å². The third-order valence-electron chi connectivity index (χ3n) is 10.4. The number of allylic oxidation sites excluding steroid dienone is 2. The average molecular weight is 385 g/mol. The molecule has 6 aliphatic carbocycles. The Morgan fingerprint density at radius 3 is 2.61 bits per heavy atom. The van der Waals surface area contributed by atoms with E-state index in [1.807, 2.05) is 6.92 Å². The lowest BCUT2D eigenvalue weighted by atomic mass is 9.65. The molecule has 11 unspecified atom stereocenters. The molecule has 0 saturated heterocycles. The molecule has 0 spiro atoms. The molecule has 0 aromatic rings. The number of esters is 1. The number of carbonyl (C=O) groups is 1. The highest BCUT2D eigenvalue weighted by molar-refractivity contribution is 5.71. The summed E-state index contributed by atoms with van der Waals surface area (Å²) in [6.45, 7) is 4.10. The third kappa shape index (κ3) is 2.35. The number of carbonyl (C=O) groups excluding carboxylic acids is 1. The Kier molecular flexibility index (Phi) is 3.77. The maximum absolute atomic E-state index is 13.0. The number of hydrogen-bond acceptors (Lipinski definition) is 3. The normalized spacial score (nSPS) is 54.3. The first kappa shape index (κ1) is 18.0. The van der Waals surface area contributed by atoms with Gasteiger partial charge >= 0.3 is 5.97 Å². The highest BCUT2D eigenvalue weighted by Gasteiger charge is 2.63. The van der Waals surface area contributed by atoms with E-state index in [0.717, 1.165) is 54.8 Å². The van der Waals surface area contributed by atoms with Crippen LogP contribution in [0.1, 0.15) is 71.6 Å². The SMILES string of the molecule is CCC1(OC(=O)CC(C)(O)C2CC3CC2C2C4C=CC(C4)C32)CC2CCC1C2. The number of ether oxygens (including phenoxy) is 1. The largest absolute Gasteiger partial charge is 0.459 e. The Morgan fingerprint density at radius 1 is 1.14 bits per heavy atom. The average Bonchev–Trinajstić information content (AvgIpc) is 3.47. The smallest absolute Gasteiger partial charge is 0.309 e. The summed E-state index contributed by atoms with van der Waals surface area (Å²) in [5.41, 5.74) is -1.15. The standard InChI is InChI=1S/C25H36O3/c1-3-25(12-14-4-7-18(25)8-14)28-21(26)13-24(2,27)20-11-17-10-19(20)23-16-6-5-15(9-16)22(17)23/h5-6,14-20,22-23,27H,3-4,7-13H2,1-2H3. The maximum Gasteiger partial charge on any atom is 0.309 e. The minimum Gasteiger partial charge on any atom is -0.459 e. The van der Waals surface area contributed by atoms with Gasteiger partial charge in [-0.3, -0.25) is 4.79 Å². The van der Waals surface area contributed by atoms with Gasteiger partial charge in [-0.1, -0.05) is 19.1 Å². The van der Waals surface area contributed by atoms with Gasteiger partial charge in [0.1, 0.15) is 5.60 Å². The molecule has 0 aromatic heterocycles. The molecule has 154 valence electrons. The van der Waals surface area contributed by atoms with Crippen LogP contribution in [0.5, 0.6) is 0 Å². The van der Waals surface area contributed by atoms with Crippen LogP contribution in [0.25, 0.3) is 0 Å². The van der Waals surface area contributed by atoms with Crippen molar-refractivity contribution in [1.29, 1.82) is 0 Å². The molecule has 0 aromatic carbocycles. The molecular formula is C25H36O3. The monoisotopic (exact) mass is 384 g/mol. The van der Waals surface area contributed by atoms with Crippen LogP contribution in [0, 0.1) is 53.3 Å². The van der Waals surface area contributed by atoms with Crippen LogP contribution in [0.15, 0.2) is 12.2 Å². The van der Waals surface area contributed by atoms with Gasteiger partial charge in [-0.15, -0.1) is 0 Å². The van der Waals surface area contributed by atoms with E-state index in [0.29, 0.717) is 11.8 Å². The third-order valence-corrected chi connectivity index (χ3v) is 10.4. The van der Waals surface area contributed by atoms with Gasteiger partial charge in [0.2, 0.25) is 0 Å². The second-order valence-electron chi connectivity index (χ2n) is 11.6. The first-order chi connectivity index (χ1) is 13.4. The molecule has 1 N–H and O–H groups in total. The molecule has 11 atom stereocenters. The van der Waals surface area contributed by atoms with Gasteiger partial charge in [0, 0.05) is 0 Å². The summed E-state index contributed by atoms with van der Waals surface area (Å²) in [5.74, 6) is 6.02. The fourth-order valence-electron chi connectivity index (χ4n) is 9.44. The number of rotatable bonds is 5. The minimum absolute atomic E-state index is 0.147. The molecule has 0 radical (unpaired) electrons. The molecule has 6 aliphatic rings. The Morgan fingerprint density at radius 2 is 1.93 bits per heavy atom. The molecule has 6 rings (SSSR count). The van der Waals surface area contributed by atoms with Crippen molar-refractivity contribution in [1.82, 2.24) is 0 Å². The summed E-state index contributed by atoms with van der Waals surface area (Å²) in [6, 6.07) is 0. The first-order valence-corrected chi connectivity index (χ1v) is 12.0. The fourth-order valence-corrected chi connectivity index (χ4v) is 9.44. The van der Waals surface area contributed by atoms with Crippen molar-refractivity contribution in [2.45, 2.75) is 82.8 Å². The Bertz CT molecular complexity index is 711. The summed E-state index contributed by atoms with van der Waals surface area (Å²) in [6.07, 6.45) is 14.6. The van der Waals surface area contributed by atoms with Gasteiger partial charge < -0.3 is 9.84 Å². The molecular weight excluding hydrogens is 348 g/mol. The lowest BCUT2D eigenvalue weighted by molar-refractivity contribution is -0.174. The van der Waals surface area contributed by atoms with Gasteiger partial charge in [0.05, 0.1) is 12.0 Å². The molecule has 0 aliphatic heterocycles. The van der Waals surface area contributed by atoms with Crippen LogP contribution in [0.4, 0.5) is 0 Å². The Hall–Kier alpha value is -0.830. The van der Waals surface area contributed by atoms with E-state index in [-0.39, 0.29) is 23.9 Å². The summed E-state index contributed by atoms with van der Waals surface area (Å²) in [7, 11) is 0. The molecule has 0 amide bonds. The summed E-state index contributed by atoms with van der Waals surface area (Å²) < 4.78 is 6.18. The van der Waals surface area contributed by atoms with Crippen molar-refractivity contribution >= 4 is 5.97 Å². The van der Waals surface area contributed by atoms with Crippen LogP contribution in [0.2, 0.25) is 0 Å². The van der Waals surface area contributed by atoms with Crippen LogP contribution in [-0.2, 0) is 9.53 Å². The first-order valence-electron chi connectivity index (χ1n) is 12.0. The predicted octanol–water partition coefficient (Wildman–Crippen LogP) is 4.73. The van der Waals surface area contributed by atoms with Crippen molar-refractivity contribution in [2.75, 3.05) is 0 Å². The van der Waals surface area contributed by atoms with Crippen molar-refractivity contribution in [3.05, 3.63) is 12.2 Å². The van der Waals surface area contributed by atoms with Crippen LogP contribution >= 0.6 is 0 Å². The van der Waals surface area contributed by atoms with Gasteiger partial charge in [0.25, 0.3) is 0 Å². The molecule has 28 heavy (non-hydrogen) atoms. The van der Waals surface area contributed by atoms with Crippen molar-refractivity contribution in [3.8, 4) is 0 Å². The van der Waals surface area contributed by atoms with Crippen molar-refractivity contribution in [3.63, 3.8) is 0 Å². The molecule has 3 nitrogen and oxygen atoms in total. The zero-order valence-electron chi connectivity index (χ0n) is 17.5. The maximum atomic E-state index is 13.0. The van der Waals surface area contributed by atoms with Gasteiger partial charge in [-0.05, 0) is 112 Å². The van der Waals surface area contributed by atoms with Crippen molar-refractivity contribution < 1.29 is 14.6 Å². The highest BCUT2D eigenvalue weighted by atomic mass is 16.6. The van der Waals surface area contributed by atoms with Gasteiger partial charge in [-0.25, -0.2) is 0 Å². The summed E-state index contributed by atoms with van der Waals surface area (Å²) in [5, 5.41) is 11.4. The highest BCUT2D eigenvalue weighted by Crippen LogP contribution is 2.68. The van der Waals surface area contributed by atoms with E-state index >= 15 is 0 Å². The molecule has 6 bridgehead atoms. The number of fused-ring (bicyclic) bond motifs is 11. The molecule has 0 heterocycles. The predicted molar refractivity (Wildman–Crippen MR) is 107 cm³/mol. The fraction of sp³-hybridized carbons (Fsp3) is 0.880. The van der Waals surface area contributed by atoms with E-state index in [2.05, 4.69) is 19.1 Å². The van der Waals surface area contributed by atoms with E-state index in [1.54, 1.807) is 0 Å². The zero-order chi connectivity index (χ0) is 19.3. The van der Waals surface area contributed by atoms with Crippen LogP contribution < -0.4 is 0 Å². The van der Waals surface area contributed by atoms with E-state index in [4.69, 9.17) is 4.74 Å². The van der Waals surface area contributed by atoms with E-state index in [1.165, 1.54) is 32.1 Å². The zero-order valence-corrected chi connectivity index (χ0v) is 17.5. The van der Waals surface area contributed by atoms with E-state index < -0.39 is 5.60 Å². The quantitative estimate of drug-likeness (QED) is 0.423. The molecule has 5 saturated carbocycles. The topological polar surface area (TPSA) is 46.5 Å². The van der Waals surface area contributed by atoms with Crippen LogP contribution in [0.3, 0.4) is 0 Å². The Labute approximate surface area is 169 Å². The van der Waals surface area contributed by atoms with Crippen LogP contribution in [-0.4, -0.2) is 22.3 Å². The lowest BCUT2D eigenvalue weighted by Crippen LogP contribution is -2.46. The van der Waals surface area contributed by atoms with Gasteiger partial charge in [-0.2, -0.15) is 0 Å². The minimum atomic E-state index is -0.917. The number of aliphatic hydroxyl groups is 1. The Balaban J connectivity index is 1.15. The lowest BCUT2D eigenvalue weighted by Gasteiger charge is -2.43. The summed E-state index contributed by atoms with van der Waals surface area (Å²) >= 11 is 0. The number of hydrogen-bond donors (Lipinski definition) is 1. The van der Waals surface area contributed by atoms with Gasteiger partial charge in [0.15, 0.2) is 0 Å². The second kappa shape index (κ2) is 5.86. The van der Waals surface area contributed by atoms with Crippen molar-refractivity contribution in [2.24, 2.45) is 53.3 Å². The molecule has 5 fully saturated rings. The summed E-state index contributed by atoms with van der Waals surface area (Å²) in [4.78, 5) is 13.0.